The average molecular weight is 235 g/mol. The van der Waals surface area contributed by atoms with Crippen molar-refractivity contribution >= 4 is 0 Å². The zero-order valence-electron chi connectivity index (χ0n) is 10.3. The van der Waals surface area contributed by atoms with E-state index in [1.165, 1.54) is 31.4 Å². The highest BCUT2D eigenvalue weighted by atomic mass is 16.5. The van der Waals surface area contributed by atoms with Crippen molar-refractivity contribution in [1.82, 2.24) is 14.9 Å². The summed E-state index contributed by atoms with van der Waals surface area (Å²) in [6.45, 7) is 4.19. The van der Waals surface area contributed by atoms with Crippen LogP contribution in [0.3, 0.4) is 0 Å². The van der Waals surface area contributed by atoms with Crippen molar-refractivity contribution in [3.63, 3.8) is 0 Å². The van der Waals surface area contributed by atoms with Crippen molar-refractivity contribution in [2.24, 2.45) is 0 Å². The highest BCUT2D eigenvalue weighted by Gasteiger charge is 2.21. The number of nitrogens with one attached hydrogen (secondary N) is 1. The quantitative estimate of drug-likeness (QED) is 0.863. The van der Waals surface area contributed by atoms with Gasteiger partial charge >= 0.3 is 0 Å². The van der Waals surface area contributed by atoms with Gasteiger partial charge in [0.25, 0.3) is 0 Å². The number of rotatable bonds is 3. The molecule has 0 aliphatic carbocycles. The largest absolute Gasteiger partial charge is 0.376 e. The standard InChI is InChI=1S/C13H21N3O/c1-2-12(17-7-1)9-16-10-15-8-13(16)11-3-5-14-6-4-11/h8,10-12,14H,1-7,9H2. The summed E-state index contributed by atoms with van der Waals surface area (Å²) in [6, 6.07) is 0. The van der Waals surface area contributed by atoms with E-state index in [2.05, 4.69) is 14.9 Å². The molecule has 1 atom stereocenters. The van der Waals surface area contributed by atoms with Gasteiger partial charge < -0.3 is 14.6 Å². The SMILES string of the molecule is c1ncn(CC2CCCO2)c1C1CCNCC1. The summed E-state index contributed by atoms with van der Waals surface area (Å²) in [6.07, 6.45) is 9.30. The maximum atomic E-state index is 5.71. The normalized spacial score (nSPS) is 26.5. The number of hydrogen-bond acceptors (Lipinski definition) is 3. The molecule has 2 aliphatic heterocycles. The zero-order valence-corrected chi connectivity index (χ0v) is 10.3. The van der Waals surface area contributed by atoms with E-state index in [1.807, 2.05) is 12.5 Å². The molecule has 2 aliphatic rings. The minimum absolute atomic E-state index is 0.407. The van der Waals surface area contributed by atoms with Gasteiger partial charge in [0.15, 0.2) is 0 Å². The topological polar surface area (TPSA) is 39.1 Å². The number of aromatic nitrogens is 2. The molecule has 1 N–H and O–H groups in total. The molecule has 4 heteroatoms. The predicted octanol–water partition coefficient (Wildman–Crippen LogP) is 1.53. The lowest BCUT2D eigenvalue weighted by atomic mass is 9.95. The van der Waals surface area contributed by atoms with Crippen LogP contribution in [0.15, 0.2) is 12.5 Å². The molecule has 0 radical (unpaired) electrons. The van der Waals surface area contributed by atoms with Crippen molar-refractivity contribution in [3.8, 4) is 0 Å². The lowest BCUT2D eigenvalue weighted by molar-refractivity contribution is 0.0959. The minimum Gasteiger partial charge on any atom is -0.376 e. The van der Waals surface area contributed by atoms with Gasteiger partial charge in [-0.05, 0) is 38.8 Å². The van der Waals surface area contributed by atoms with Crippen molar-refractivity contribution in [1.29, 1.82) is 0 Å². The molecule has 3 rings (SSSR count). The summed E-state index contributed by atoms with van der Waals surface area (Å²) in [4.78, 5) is 4.33. The maximum Gasteiger partial charge on any atom is 0.0949 e. The van der Waals surface area contributed by atoms with Gasteiger partial charge in [0.05, 0.1) is 19.0 Å². The smallest absolute Gasteiger partial charge is 0.0949 e. The van der Waals surface area contributed by atoms with Crippen LogP contribution in [0, 0.1) is 0 Å². The molecule has 0 saturated carbocycles. The van der Waals surface area contributed by atoms with E-state index in [4.69, 9.17) is 4.74 Å². The molecule has 0 bridgehead atoms. The fourth-order valence-electron chi connectivity index (χ4n) is 2.95. The Hall–Kier alpha value is -0.870. The Kier molecular flexibility index (Phi) is 3.43. The Balaban J connectivity index is 1.69. The molecule has 2 fully saturated rings. The second-order valence-corrected chi connectivity index (χ2v) is 5.13. The molecule has 1 unspecified atom stereocenters. The number of imidazole rings is 1. The molecular formula is C13H21N3O. The van der Waals surface area contributed by atoms with Crippen molar-refractivity contribution in [2.75, 3.05) is 19.7 Å². The maximum absolute atomic E-state index is 5.71. The Morgan fingerprint density at radius 2 is 2.24 bits per heavy atom. The summed E-state index contributed by atoms with van der Waals surface area (Å²) < 4.78 is 8.02. The van der Waals surface area contributed by atoms with Crippen LogP contribution in [0.2, 0.25) is 0 Å². The molecular weight excluding hydrogens is 214 g/mol. The second kappa shape index (κ2) is 5.19. The van der Waals surface area contributed by atoms with Crippen LogP contribution in [0.1, 0.15) is 37.3 Å². The van der Waals surface area contributed by atoms with Crippen LogP contribution in [0.5, 0.6) is 0 Å². The van der Waals surface area contributed by atoms with E-state index in [9.17, 15) is 0 Å². The lowest BCUT2D eigenvalue weighted by Gasteiger charge is -2.24. The van der Waals surface area contributed by atoms with E-state index < -0.39 is 0 Å². The summed E-state index contributed by atoms with van der Waals surface area (Å²) in [5.74, 6) is 0.681. The minimum atomic E-state index is 0.407. The molecule has 3 heterocycles. The lowest BCUT2D eigenvalue weighted by Crippen LogP contribution is -2.28. The number of piperidine rings is 1. The van der Waals surface area contributed by atoms with Crippen molar-refractivity contribution in [2.45, 2.75) is 44.2 Å². The molecule has 0 amide bonds. The van der Waals surface area contributed by atoms with Crippen molar-refractivity contribution < 1.29 is 4.74 Å². The number of hydrogen-bond donors (Lipinski definition) is 1. The monoisotopic (exact) mass is 235 g/mol. The number of ether oxygens (including phenoxy) is 1. The van der Waals surface area contributed by atoms with Crippen LogP contribution < -0.4 is 5.32 Å². The molecule has 1 aromatic rings. The molecule has 1 aromatic heterocycles. The third-order valence-corrected chi connectivity index (χ3v) is 3.93. The van der Waals surface area contributed by atoms with Crippen LogP contribution >= 0.6 is 0 Å². The molecule has 17 heavy (non-hydrogen) atoms. The first kappa shape index (κ1) is 11.2. The summed E-state index contributed by atoms with van der Waals surface area (Å²) in [7, 11) is 0. The summed E-state index contributed by atoms with van der Waals surface area (Å²) in [5, 5.41) is 3.41. The predicted molar refractivity (Wildman–Crippen MR) is 66.0 cm³/mol. The van der Waals surface area contributed by atoms with Crippen LogP contribution in [0.4, 0.5) is 0 Å². The molecule has 94 valence electrons. The highest BCUT2D eigenvalue weighted by molar-refractivity contribution is 5.08. The van der Waals surface area contributed by atoms with E-state index in [0.717, 1.165) is 26.2 Å². The van der Waals surface area contributed by atoms with Crippen LogP contribution in [-0.2, 0) is 11.3 Å². The summed E-state index contributed by atoms with van der Waals surface area (Å²) in [5.41, 5.74) is 1.40. The Morgan fingerprint density at radius 1 is 1.35 bits per heavy atom. The Morgan fingerprint density at radius 3 is 3.00 bits per heavy atom. The highest BCUT2D eigenvalue weighted by Crippen LogP contribution is 2.26. The van der Waals surface area contributed by atoms with E-state index in [0.29, 0.717) is 12.0 Å². The Labute approximate surface area is 102 Å². The van der Waals surface area contributed by atoms with Gasteiger partial charge in [0, 0.05) is 24.4 Å². The van der Waals surface area contributed by atoms with Crippen LogP contribution in [0.25, 0.3) is 0 Å². The first-order chi connectivity index (χ1) is 8.43. The number of nitrogens with zero attached hydrogens (tertiary/aromatic N) is 2. The molecule has 0 aromatic carbocycles. The first-order valence-electron chi connectivity index (χ1n) is 6.76. The second-order valence-electron chi connectivity index (χ2n) is 5.13. The van der Waals surface area contributed by atoms with Crippen LogP contribution in [-0.4, -0.2) is 35.4 Å². The summed E-state index contributed by atoms with van der Waals surface area (Å²) >= 11 is 0. The van der Waals surface area contributed by atoms with E-state index >= 15 is 0 Å². The van der Waals surface area contributed by atoms with Gasteiger partial charge in [-0.1, -0.05) is 0 Å². The van der Waals surface area contributed by atoms with Gasteiger partial charge in [-0.25, -0.2) is 4.98 Å². The molecule has 0 spiro atoms. The zero-order chi connectivity index (χ0) is 11.5. The third-order valence-electron chi connectivity index (χ3n) is 3.93. The Bertz CT molecular complexity index is 351. The van der Waals surface area contributed by atoms with Gasteiger partial charge in [-0.3, -0.25) is 0 Å². The fourth-order valence-corrected chi connectivity index (χ4v) is 2.95. The van der Waals surface area contributed by atoms with Crippen molar-refractivity contribution in [3.05, 3.63) is 18.2 Å². The van der Waals surface area contributed by atoms with Gasteiger partial charge in [0.2, 0.25) is 0 Å². The van der Waals surface area contributed by atoms with Gasteiger partial charge in [0.1, 0.15) is 0 Å². The van der Waals surface area contributed by atoms with E-state index in [1.54, 1.807) is 0 Å². The molecule has 2 saturated heterocycles. The van der Waals surface area contributed by atoms with Gasteiger partial charge in [-0.2, -0.15) is 0 Å². The molecule has 4 nitrogen and oxygen atoms in total. The van der Waals surface area contributed by atoms with E-state index in [-0.39, 0.29) is 0 Å². The fraction of sp³-hybridized carbons (Fsp3) is 0.769. The third kappa shape index (κ3) is 2.53. The average Bonchev–Trinajstić information content (AvgIpc) is 3.02. The van der Waals surface area contributed by atoms with Gasteiger partial charge in [-0.15, -0.1) is 0 Å². The first-order valence-corrected chi connectivity index (χ1v) is 6.76.